The van der Waals surface area contributed by atoms with Crippen LogP contribution in [-0.4, -0.2) is 30.3 Å². The first kappa shape index (κ1) is 23.2. The highest BCUT2D eigenvalue weighted by atomic mass is 16.2. The van der Waals surface area contributed by atoms with Gasteiger partial charge in [0.2, 0.25) is 5.91 Å². The summed E-state index contributed by atoms with van der Waals surface area (Å²) in [6.07, 6.45) is 14.7. The molecule has 0 aromatic heterocycles. The van der Waals surface area contributed by atoms with Crippen molar-refractivity contribution in [1.82, 2.24) is 5.32 Å². The zero-order valence-electron chi connectivity index (χ0n) is 20.7. The molecule has 182 valence electrons. The SMILES string of the molecule is CC1(C)CC(=O)C2=C(C1)Nc1ccccc1N(CC(=O)NC1CCCCC1)[C@@H]2[C@H]1CC=CCC1. The number of anilines is 2. The van der Waals surface area contributed by atoms with Crippen LogP contribution in [0.1, 0.15) is 78.1 Å². The first-order chi connectivity index (χ1) is 16.4. The Morgan fingerprint density at radius 3 is 2.65 bits per heavy atom. The molecule has 0 saturated heterocycles. The molecule has 1 aliphatic heterocycles. The van der Waals surface area contributed by atoms with Gasteiger partial charge in [-0.05, 0) is 62.0 Å². The summed E-state index contributed by atoms with van der Waals surface area (Å²) in [5, 5.41) is 6.99. The molecule has 2 N–H and O–H groups in total. The monoisotopic (exact) mass is 461 g/mol. The Bertz CT molecular complexity index is 1000. The van der Waals surface area contributed by atoms with Crippen LogP contribution in [0.15, 0.2) is 47.7 Å². The van der Waals surface area contributed by atoms with E-state index in [4.69, 9.17) is 0 Å². The number of carbonyl (C=O) groups is 2. The lowest BCUT2D eigenvalue weighted by atomic mass is 9.71. The fraction of sp³-hybridized carbons (Fsp3) is 0.586. The highest BCUT2D eigenvalue weighted by molar-refractivity contribution is 6.01. The number of para-hydroxylation sites is 2. The minimum Gasteiger partial charge on any atom is -0.357 e. The maximum absolute atomic E-state index is 13.7. The van der Waals surface area contributed by atoms with Gasteiger partial charge in [-0.2, -0.15) is 0 Å². The Morgan fingerprint density at radius 2 is 1.88 bits per heavy atom. The Kier molecular flexibility index (Phi) is 6.54. The predicted octanol–water partition coefficient (Wildman–Crippen LogP) is 5.74. The average Bonchev–Trinajstić information content (AvgIpc) is 2.94. The highest BCUT2D eigenvalue weighted by Gasteiger charge is 2.44. The fourth-order valence-electron chi connectivity index (χ4n) is 6.54. The van der Waals surface area contributed by atoms with Crippen molar-refractivity contribution in [1.29, 1.82) is 0 Å². The first-order valence-electron chi connectivity index (χ1n) is 13.2. The van der Waals surface area contributed by atoms with Gasteiger partial charge in [0.15, 0.2) is 5.78 Å². The van der Waals surface area contributed by atoms with E-state index in [9.17, 15) is 9.59 Å². The fourth-order valence-corrected chi connectivity index (χ4v) is 6.54. The highest BCUT2D eigenvalue weighted by Crippen LogP contribution is 2.46. The Hall–Kier alpha value is -2.56. The van der Waals surface area contributed by atoms with Crippen LogP contribution in [0.3, 0.4) is 0 Å². The second-order valence-corrected chi connectivity index (χ2v) is 11.5. The normalized spacial score (nSPS) is 26.9. The maximum atomic E-state index is 13.7. The smallest absolute Gasteiger partial charge is 0.239 e. The van der Waals surface area contributed by atoms with E-state index in [1.165, 1.54) is 19.3 Å². The third kappa shape index (κ3) is 4.80. The summed E-state index contributed by atoms with van der Waals surface area (Å²) in [4.78, 5) is 29.3. The summed E-state index contributed by atoms with van der Waals surface area (Å²) in [5.74, 6) is 0.630. The van der Waals surface area contributed by atoms with Gasteiger partial charge in [-0.15, -0.1) is 0 Å². The van der Waals surface area contributed by atoms with Crippen LogP contribution in [-0.2, 0) is 9.59 Å². The second kappa shape index (κ2) is 9.59. The van der Waals surface area contributed by atoms with E-state index in [1.807, 2.05) is 12.1 Å². The summed E-state index contributed by atoms with van der Waals surface area (Å²) in [7, 11) is 0. The van der Waals surface area contributed by atoms with Crippen LogP contribution in [0, 0.1) is 11.3 Å². The summed E-state index contributed by atoms with van der Waals surface area (Å²) in [6.45, 7) is 4.65. The van der Waals surface area contributed by atoms with Crippen molar-refractivity contribution in [3.05, 3.63) is 47.7 Å². The number of nitrogens with zero attached hydrogens (tertiary/aromatic N) is 1. The van der Waals surface area contributed by atoms with Gasteiger partial charge in [0.1, 0.15) is 0 Å². The summed E-state index contributed by atoms with van der Waals surface area (Å²) in [6, 6.07) is 8.46. The molecule has 5 rings (SSSR count). The number of carbonyl (C=O) groups excluding carboxylic acids is 2. The largest absolute Gasteiger partial charge is 0.357 e. The van der Waals surface area contributed by atoms with Gasteiger partial charge in [-0.1, -0.05) is 57.4 Å². The van der Waals surface area contributed by atoms with E-state index in [1.54, 1.807) is 0 Å². The van der Waals surface area contributed by atoms with Crippen molar-refractivity contribution < 1.29 is 9.59 Å². The van der Waals surface area contributed by atoms with Gasteiger partial charge in [0.05, 0.1) is 24.0 Å². The minimum absolute atomic E-state index is 0.0671. The molecule has 5 heteroatoms. The van der Waals surface area contributed by atoms with Crippen LogP contribution < -0.4 is 15.5 Å². The third-order valence-corrected chi connectivity index (χ3v) is 8.09. The Balaban J connectivity index is 1.55. The van der Waals surface area contributed by atoms with Gasteiger partial charge < -0.3 is 15.5 Å². The first-order valence-corrected chi connectivity index (χ1v) is 13.2. The lowest BCUT2D eigenvalue weighted by Crippen LogP contribution is -2.51. The number of hydrogen-bond donors (Lipinski definition) is 2. The molecule has 1 amide bonds. The van der Waals surface area contributed by atoms with Crippen molar-refractivity contribution in [2.45, 2.75) is 90.1 Å². The molecule has 0 radical (unpaired) electrons. The van der Waals surface area contributed by atoms with Crippen LogP contribution in [0.2, 0.25) is 0 Å². The molecule has 1 heterocycles. The van der Waals surface area contributed by atoms with Crippen LogP contribution in [0.4, 0.5) is 11.4 Å². The zero-order chi connectivity index (χ0) is 23.7. The molecule has 34 heavy (non-hydrogen) atoms. The van der Waals surface area contributed by atoms with Gasteiger partial charge in [0, 0.05) is 23.7 Å². The van der Waals surface area contributed by atoms with Gasteiger partial charge in [-0.25, -0.2) is 0 Å². The number of hydrogen-bond acceptors (Lipinski definition) is 4. The van der Waals surface area contributed by atoms with Gasteiger partial charge in [0.25, 0.3) is 0 Å². The van der Waals surface area contributed by atoms with Crippen LogP contribution >= 0.6 is 0 Å². The third-order valence-electron chi connectivity index (χ3n) is 8.09. The predicted molar refractivity (Wildman–Crippen MR) is 138 cm³/mol. The molecular formula is C29H39N3O2. The topological polar surface area (TPSA) is 61.4 Å². The van der Waals surface area contributed by atoms with Crippen LogP contribution in [0.25, 0.3) is 0 Å². The number of rotatable bonds is 4. The summed E-state index contributed by atoms with van der Waals surface area (Å²) < 4.78 is 0. The van der Waals surface area contributed by atoms with E-state index in [-0.39, 0.29) is 35.7 Å². The molecule has 2 atom stereocenters. The van der Waals surface area contributed by atoms with E-state index in [0.717, 1.165) is 61.2 Å². The molecule has 4 aliphatic rings. The van der Waals surface area contributed by atoms with Crippen molar-refractivity contribution in [3.63, 3.8) is 0 Å². The number of Topliss-reactive ketones (excluding diaryl/α,β-unsaturated/α-hetero) is 1. The Labute approximate surface area is 204 Å². The zero-order valence-corrected chi connectivity index (χ0v) is 20.7. The molecule has 1 aromatic carbocycles. The van der Waals surface area contributed by atoms with E-state index < -0.39 is 0 Å². The number of nitrogens with one attached hydrogen (secondary N) is 2. The van der Waals surface area contributed by atoms with E-state index >= 15 is 0 Å². The van der Waals surface area contributed by atoms with Crippen molar-refractivity contribution in [2.24, 2.45) is 11.3 Å². The quantitative estimate of drug-likeness (QED) is 0.562. The second-order valence-electron chi connectivity index (χ2n) is 11.5. The maximum Gasteiger partial charge on any atom is 0.239 e. The standard InChI is InChI=1S/C29H39N3O2/c1-29(2)17-23-27(25(33)18-29)28(20-11-5-3-6-12-20)32(24-16-10-9-15-22(24)31-23)19-26(34)30-21-13-7-4-8-14-21/h3,5,9-10,15-16,20-21,28,31H,4,6-8,11-14,17-19H2,1-2H3,(H,30,34)/t20-,28+/m0/s1. The Morgan fingerprint density at radius 1 is 1.09 bits per heavy atom. The molecule has 0 bridgehead atoms. The molecule has 0 spiro atoms. The molecule has 5 nitrogen and oxygen atoms in total. The van der Waals surface area contributed by atoms with Crippen molar-refractivity contribution in [2.75, 3.05) is 16.8 Å². The minimum atomic E-state index is -0.0863. The number of allylic oxidation sites excluding steroid dienone is 3. The van der Waals surface area contributed by atoms with Crippen molar-refractivity contribution >= 4 is 23.1 Å². The summed E-state index contributed by atoms with van der Waals surface area (Å²) in [5.41, 5.74) is 3.94. The molecule has 3 aliphatic carbocycles. The lowest BCUT2D eigenvalue weighted by Gasteiger charge is -2.42. The molecule has 1 aromatic rings. The van der Waals surface area contributed by atoms with E-state index in [0.29, 0.717) is 12.3 Å². The lowest BCUT2D eigenvalue weighted by molar-refractivity contribution is -0.121. The number of benzene rings is 1. The molecule has 1 saturated carbocycles. The van der Waals surface area contributed by atoms with Gasteiger partial charge >= 0.3 is 0 Å². The average molecular weight is 462 g/mol. The molecular weight excluding hydrogens is 422 g/mol. The number of amides is 1. The number of ketones is 1. The molecule has 1 fully saturated rings. The van der Waals surface area contributed by atoms with Gasteiger partial charge in [-0.3, -0.25) is 9.59 Å². The summed E-state index contributed by atoms with van der Waals surface area (Å²) >= 11 is 0. The molecule has 0 unspecified atom stereocenters. The van der Waals surface area contributed by atoms with Crippen LogP contribution in [0.5, 0.6) is 0 Å². The van der Waals surface area contributed by atoms with Crippen molar-refractivity contribution in [3.8, 4) is 0 Å². The number of fused-ring (bicyclic) bond motifs is 1. The van der Waals surface area contributed by atoms with E-state index in [2.05, 4.69) is 53.7 Å².